The van der Waals surface area contributed by atoms with Gasteiger partial charge in [0.05, 0.1) is 11.6 Å². The molecule has 0 spiro atoms. The molecule has 0 radical (unpaired) electrons. The summed E-state index contributed by atoms with van der Waals surface area (Å²) in [5.74, 6) is 1.78. The number of rotatable bonds is 5. The van der Waals surface area contributed by atoms with E-state index in [0.29, 0.717) is 30.0 Å². The average molecular weight is 255 g/mol. The van der Waals surface area contributed by atoms with E-state index < -0.39 is 0 Å². The van der Waals surface area contributed by atoms with Gasteiger partial charge in [-0.15, -0.1) is 0 Å². The molecule has 4 heteroatoms. The quantitative estimate of drug-likeness (QED) is 0.844. The lowest BCUT2D eigenvalue weighted by Gasteiger charge is -2.21. The van der Waals surface area contributed by atoms with Gasteiger partial charge in [-0.1, -0.05) is 23.7 Å². The Hall–Kier alpha value is -0.770. The fraction of sp³-hybridized carbons (Fsp3) is 0.538. The van der Waals surface area contributed by atoms with Crippen molar-refractivity contribution in [1.29, 1.82) is 0 Å². The molecule has 3 N–H and O–H groups in total. The SMILES string of the molecule is NCC(COc1ccccc1Cl)C1CCNC1. The minimum atomic E-state index is 0.404. The van der Waals surface area contributed by atoms with Gasteiger partial charge in [0.2, 0.25) is 0 Å². The summed E-state index contributed by atoms with van der Waals surface area (Å²) in [5.41, 5.74) is 5.81. The molecule has 17 heavy (non-hydrogen) atoms. The first kappa shape index (κ1) is 12.7. The monoisotopic (exact) mass is 254 g/mol. The highest BCUT2D eigenvalue weighted by atomic mass is 35.5. The van der Waals surface area contributed by atoms with Crippen molar-refractivity contribution in [3.8, 4) is 5.75 Å². The molecule has 2 unspecified atom stereocenters. The van der Waals surface area contributed by atoms with Gasteiger partial charge in [-0.2, -0.15) is 0 Å². The van der Waals surface area contributed by atoms with Crippen LogP contribution in [0.3, 0.4) is 0 Å². The molecule has 2 atom stereocenters. The Morgan fingerprint density at radius 3 is 2.94 bits per heavy atom. The summed E-state index contributed by atoms with van der Waals surface area (Å²) in [7, 11) is 0. The normalized spacial score (nSPS) is 21.4. The Morgan fingerprint density at radius 1 is 1.47 bits per heavy atom. The Balaban J connectivity index is 1.89. The van der Waals surface area contributed by atoms with Gasteiger partial charge in [0.15, 0.2) is 0 Å². The van der Waals surface area contributed by atoms with E-state index in [2.05, 4.69) is 5.32 Å². The fourth-order valence-electron chi connectivity index (χ4n) is 2.23. The Kier molecular flexibility index (Phi) is 4.66. The van der Waals surface area contributed by atoms with Crippen molar-refractivity contribution in [2.75, 3.05) is 26.2 Å². The van der Waals surface area contributed by atoms with Gasteiger partial charge >= 0.3 is 0 Å². The molecule has 1 aliphatic heterocycles. The summed E-state index contributed by atoms with van der Waals surface area (Å²) in [6.07, 6.45) is 1.19. The molecule has 1 aromatic rings. The van der Waals surface area contributed by atoms with Crippen LogP contribution in [0.2, 0.25) is 5.02 Å². The van der Waals surface area contributed by atoms with Crippen molar-refractivity contribution in [2.45, 2.75) is 6.42 Å². The third-order valence-electron chi connectivity index (χ3n) is 3.36. The lowest BCUT2D eigenvalue weighted by Crippen LogP contribution is -2.30. The number of halogens is 1. The Bertz CT molecular complexity index is 353. The molecule has 0 aliphatic carbocycles. The van der Waals surface area contributed by atoms with Crippen molar-refractivity contribution in [2.24, 2.45) is 17.6 Å². The van der Waals surface area contributed by atoms with Crippen molar-refractivity contribution in [3.05, 3.63) is 29.3 Å². The van der Waals surface area contributed by atoms with Crippen LogP contribution in [0, 0.1) is 11.8 Å². The number of hydrogen-bond donors (Lipinski definition) is 2. The predicted octanol–water partition coefficient (Wildman–Crippen LogP) is 1.90. The fourth-order valence-corrected chi connectivity index (χ4v) is 2.42. The largest absolute Gasteiger partial charge is 0.492 e. The molecule has 1 saturated heterocycles. The van der Waals surface area contributed by atoms with Gasteiger partial charge < -0.3 is 15.8 Å². The average Bonchev–Trinajstić information content (AvgIpc) is 2.86. The van der Waals surface area contributed by atoms with E-state index in [9.17, 15) is 0 Å². The molecule has 3 nitrogen and oxygen atoms in total. The van der Waals surface area contributed by atoms with Crippen LogP contribution in [-0.2, 0) is 0 Å². The van der Waals surface area contributed by atoms with Gasteiger partial charge in [0.25, 0.3) is 0 Å². The highest BCUT2D eigenvalue weighted by Gasteiger charge is 2.24. The first-order chi connectivity index (χ1) is 8.31. The van der Waals surface area contributed by atoms with Crippen LogP contribution in [0.1, 0.15) is 6.42 Å². The molecular weight excluding hydrogens is 236 g/mol. The molecule has 1 fully saturated rings. The van der Waals surface area contributed by atoms with Crippen LogP contribution in [-0.4, -0.2) is 26.2 Å². The first-order valence-corrected chi connectivity index (χ1v) is 6.47. The topological polar surface area (TPSA) is 47.3 Å². The Labute approximate surface area is 107 Å². The molecule has 1 heterocycles. The second-order valence-corrected chi connectivity index (χ2v) is 4.90. The molecule has 94 valence electrons. The maximum absolute atomic E-state index is 6.04. The standard InChI is InChI=1S/C13H19ClN2O/c14-12-3-1-2-4-13(12)17-9-11(7-15)10-5-6-16-8-10/h1-4,10-11,16H,5-9,15H2. The van der Waals surface area contributed by atoms with Crippen LogP contribution in [0.4, 0.5) is 0 Å². The van der Waals surface area contributed by atoms with E-state index in [4.69, 9.17) is 22.1 Å². The number of benzene rings is 1. The maximum Gasteiger partial charge on any atom is 0.137 e. The number of nitrogens with one attached hydrogen (secondary N) is 1. The maximum atomic E-state index is 6.04. The number of hydrogen-bond acceptors (Lipinski definition) is 3. The smallest absolute Gasteiger partial charge is 0.137 e. The minimum absolute atomic E-state index is 0.404. The first-order valence-electron chi connectivity index (χ1n) is 6.09. The van der Waals surface area contributed by atoms with E-state index in [1.54, 1.807) is 0 Å². The number of para-hydroxylation sites is 1. The summed E-state index contributed by atoms with van der Waals surface area (Å²) in [4.78, 5) is 0. The van der Waals surface area contributed by atoms with Crippen LogP contribution >= 0.6 is 11.6 Å². The summed E-state index contributed by atoms with van der Waals surface area (Å²) in [6.45, 7) is 3.45. The minimum Gasteiger partial charge on any atom is -0.492 e. The number of ether oxygens (including phenoxy) is 1. The third-order valence-corrected chi connectivity index (χ3v) is 3.67. The molecule has 2 rings (SSSR count). The van der Waals surface area contributed by atoms with Crippen molar-refractivity contribution >= 4 is 11.6 Å². The van der Waals surface area contributed by atoms with Gasteiger partial charge in [0.1, 0.15) is 5.75 Å². The van der Waals surface area contributed by atoms with Crippen LogP contribution in [0.15, 0.2) is 24.3 Å². The zero-order valence-electron chi connectivity index (χ0n) is 9.86. The van der Waals surface area contributed by atoms with Gasteiger partial charge in [-0.05, 0) is 44.1 Å². The van der Waals surface area contributed by atoms with Crippen molar-refractivity contribution in [3.63, 3.8) is 0 Å². The van der Waals surface area contributed by atoms with Gasteiger partial charge in [0, 0.05) is 5.92 Å². The van der Waals surface area contributed by atoms with Crippen molar-refractivity contribution in [1.82, 2.24) is 5.32 Å². The van der Waals surface area contributed by atoms with E-state index >= 15 is 0 Å². The van der Waals surface area contributed by atoms with Gasteiger partial charge in [-0.3, -0.25) is 0 Å². The Morgan fingerprint density at radius 2 is 2.29 bits per heavy atom. The van der Waals surface area contributed by atoms with E-state index in [0.717, 1.165) is 18.8 Å². The highest BCUT2D eigenvalue weighted by Crippen LogP contribution is 2.25. The van der Waals surface area contributed by atoms with E-state index in [-0.39, 0.29) is 0 Å². The molecule has 0 amide bonds. The number of nitrogens with two attached hydrogens (primary N) is 1. The van der Waals surface area contributed by atoms with Crippen molar-refractivity contribution < 1.29 is 4.74 Å². The molecule has 0 bridgehead atoms. The molecular formula is C13H19ClN2O. The lowest BCUT2D eigenvalue weighted by atomic mass is 9.92. The zero-order chi connectivity index (χ0) is 12.1. The lowest BCUT2D eigenvalue weighted by molar-refractivity contribution is 0.206. The third kappa shape index (κ3) is 3.35. The summed E-state index contributed by atoms with van der Waals surface area (Å²) >= 11 is 6.04. The van der Waals surface area contributed by atoms with E-state index in [1.807, 2.05) is 24.3 Å². The second-order valence-electron chi connectivity index (χ2n) is 4.49. The molecule has 0 aromatic heterocycles. The highest BCUT2D eigenvalue weighted by molar-refractivity contribution is 6.32. The van der Waals surface area contributed by atoms with Crippen LogP contribution in [0.25, 0.3) is 0 Å². The summed E-state index contributed by atoms with van der Waals surface area (Å²) < 4.78 is 5.76. The van der Waals surface area contributed by atoms with Crippen LogP contribution < -0.4 is 15.8 Å². The summed E-state index contributed by atoms with van der Waals surface area (Å²) in [5, 5.41) is 4.02. The van der Waals surface area contributed by atoms with Crippen LogP contribution in [0.5, 0.6) is 5.75 Å². The summed E-state index contributed by atoms with van der Waals surface area (Å²) in [6, 6.07) is 7.56. The second kappa shape index (κ2) is 6.24. The zero-order valence-corrected chi connectivity index (χ0v) is 10.6. The molecule has 1 aliphatic rings. The van der Waals surface area contributed by atoms with Gasteiger partial charge in [-0.25, -0.2) is 0 Å². The van der Waals surface area contributed by atoms with E-state index in [1.165, 1.54) is 6.42 Å². The molecule has 0 saturated carbocycles. The predicted molar refractivity (Wildman–Crippen MR) is 70.5 cm³/mol. The molecule has 1 aromatic carbocycles.